The highest BCUT2D eigenvalue weighted by molar-refractivity contribution is 9.10. The van der Waals surface area contributed by atoms with Crippen molar-refractivity contribution in [2.24, 2.45) is 5.73 Å². The largest absolute Gasteiger partial charge is 0.380 e. The summed E-state index contributed by atoms with van der Waals surface area (Å²) in [5, 5.41) is 4.46. The van der Waals surface area contributed by atoms with Crippen molar-refractivity contribution in [1.29, 1.82) is 0 Å². The first-order chi connectivity index (χ1) is 9.11. The lowest BCUT2D eigenvalue weighted by molar-refractivity contribution is 0.130. The molecular weight excluding hydrogens is 334 g/mol. The molecule has 1 unspecified atom stereocenters. The molecule has 0 radical (unpaired) electrons. The smallest absolute Gasteiger partial charge is 0.259 e. The van der Waals surface area contributed by atoms with Crippen molar-refractivity contribution in [3.63, 3.8) is 0 Å². The second-order valence-electron chi connectivity index (χ2n) is 3.85. The van der Waals surface area contributed by atoms with Crippen molar-refractivity contribution in [3.8, 4) is 11.5 Å². The number of nitrogens with two attached hydrogens (primary N) is 1. The second kappa shape index (κ2) is 6.47. The summed E-state index contributed by atoms with van der Waals surface area (Å²) in [5.74, 6) is 0.784. The Morgan fingerprint density at radius 1 is 1.53 bits per heavy atom. The molecule has 19 heavy (non-hydrogen) atoms. The van der Waals surface area contributed by atoms with Gasteiger partial charge in [-0.05, 0) is 41.1 Å². The number of benzene rings is 1. The standard InChI is InChI=1S/C12H13BrClN3O2/c1-2-18-6-10(15)11-16-12(19-17-11)8-5-7(14)3-4-9(8)13/h3-5,10H,2,6,15H2,1H3. The Labute approximate surface area is 124 Å². The molecule has 102 valence electrons. The summed E-state index contributed by atoms with van der Waals surface area (Å²) < 4.78 is 11.3. The summed E-state index contributed by atoms with van der Waals surface area (Å²) in [6.07, 6.45) is 0. The molecule has 1 aromatic carbocycles. The fourth-order valence-corrected chi connectivity index (χ4v) is 2.06. The van der Waals surface area contributed by atoms with E-state index in [9.17, 15) is 0 Å². The molecule has 1 atom stereocenters. The van der Waals surface area contributed by atoms with Crippen LogP contribution in [-0.4, -0.2) is 23.4 Å². The van der Waals surface area contributed by atoms with E-state index in [1.165, 1.54) is 0 Å². The quantitative estimate of drug-likeness (QED) is 0.900. The van der Waals surface area contributed by atoms with E-state index in [2.05, 4.69) is 26.1 Å². The third-order valence-corrected chi connectivity index (χ3v) is 3.36. The van der Waals surface area contributed by atoms with Crippen LogP contribution in [0.15, 0.2) is 27.2 Å². The predicted octanol–water partition coefficient (Wildman–Crippen LogP) is 3.19. The van der Waals surface area contributed by atoms with Crippen LogP contribution in [0.4, 0.5) is 0 Å². The molecule has 0 bridgehead atoms. The molecule has 2 aromatic rings. The molecule has 5 nitrogen and oxygen atoms in total. The van der Waals surface area contributed by atoms with Crippen molar-refractivity contribution in [3.05, 3.63) is 33.5 Å². The molecule has 0 aliphatic rings. The third kappa shape index (κ3) is 3.54. The van der Waals surface area contributed by atoms with Gasteiger partial charge in [-0.1, -0.05) is 16.8 Å². The number of ether oxygens (including phenoxy) is 1. The lowest BCUT2D eigenvalue weighted by Crippen LogP contribution is -2.18. The van der Waals surface area contributed by atoms with E-state index in [1.807, 2.05) is 13.0 Å². The molecule has 1 heterocycles. The zero-order valence-corrected chi connectivity index (χ0v) is 12.6. The highest BCUT2D eigenvalue weighted by atomic mass is 79.9. The molecule has 2 N–H and O–H groups in total. The van der Waals surface area contributed by atoms with Gasteiger partial charge in [0.1, 0.15) is 0 Å². The monoisotopic (exact) mass is 345 g/mol. The molecule has 0 aliphatic heterocycles. The van der Waals surface area contributed by atoms with Gasteiger partial charge in [0.05, 0.1) is 18.2 Å². The minimum Gasteiger partial charge on any atom is -0.380 e. The summed E-state index contributed by atoms with van der Waals surface area (Å²) in [6.45, 7) is 2.85. The number of rotatable bonds is 5. The van der Waals surface area contributed by atoms with Crippen LogP contribution in [0.1, 0.15) is 18.8 Å². The van der Waals surface area contributed by atoms with Crippen molar-refractivity contribution in [2.45, 2.75) is 13.0 Å². The minimum absolute atomic E-state index is 0.353. The van der Waals surface area contributed by atoms with Crippen LogP contribution in [0.25, 0.3) is 11.5 Å². The van der Waals surface area contributed by atoms with Crippen molar-refractivity contribution in [2.75, 3.05) is 13.2 Å². The van der Waals surface area contributed by atoms with Crippen LogP contribution in [0.3, 0.4) is 0 Å². The van der Waals surface area contributed by atoms with E-state index in [1.54, 1.807) is 12.1 Å². The fraction of sp³-hybridized carbons (Fsp3) is 0.333. The summed E-state index contributed by atoms with van der Waals surface area (Å²) in [6, 6.07) is 4.93. The van der Waals surface area contributed by atoms with Crippen LogP contribution in [0, 0.1) is 0 Å². The zero-order valence-electron chi connectivity index (χ0n) is 10.3. The predicted molar refractivity (Wildman–Crippen MR) is 75.9 cm³/mol. The SMILES string of the molecule is CCOCC(N)c1noc(-c2cc(Cl)ccc2Br)n1. The molecule has 2 rings (SSSR count). The van der Waals surface area contributed by atoms with Gasteiger partial charge in [0.15, 0.2) is 5.82 Å². The van der Waals surface area contributed by atoms with Gasteiger partial charge in [-0.15, -0.1) is 0 Å². The van der Waals surface area contributed by atoms with Gasteiger partial charge in [0.25, 0.3) is 5.89 Å². The first-order valence-electron chi connectivity index (χ1n) is 5.74. The zero-order chi connectivity index (χ0) is 13.8. The van der Waals surface area contributed by atoms with Gasteiger partial charge in [-0.25, -0.2) is 0 Å². The lowest BCUT2D eigenvalue weighted by Gasteiger charge is -2.05. The van der Waals surface area contributed by atoms with Gasteiger partial charge >= 0.3 is 0 Å². The average Bonchev–Trinajstić information content (AvgIpc) is 2.88. The molecule has 0 saturated carbocycles. The van der Waals surface area contributed by atoms with E-state index >= 15 is 0 Å². The first kappa shape index (κ1) is 14.5. The van der Waals surface area contributed by atoms with Crippen molar-refractivity contribution >= 4 is 27.5 Å². The van der Waals surface area contributed by atoms with Crippen LogP contribution in [0.5, 0.6) is 0 Å². The summed E-state index contributed by atoms with van der Waals surface area (Å²) in [7, 11) is 0. The van der Waals surface area contributed by atoms with Crippen LogP contribution >= 0.6 is 27.5 Å². The van der Waals surface area contributed by atoms with Crippen LogP contribution < -0.4 is 5.73 Å². The van der Waals surface area contributed by atoms with E-state index < -0.39 is 6.04 Å². The number of aromatic nitrogens is 2. The summed E-state index contributed by atoms with van der Waals surface area (Å²) in [5.41, 5.74) is 6.62. The van der Waals surface area contributed by atoms with Crippen LogP contribution in [0.2, 0.25) is 5.02 Å². The van der Waals surface area contributed by atoms with Gasteiger partial charge in [-0.3, -0.25) is 0 Å². The molecule has 7 heteroatoms. The lowest BCUT2D eigenvalue weighted by atomic mass is 10.2. The second-order valence-corrected chi connectivity index (χ2v) is 5.14. The molecule has 1 aromatic heterocycles. The van der Waals surface area contributed by atoms with E-state index in [0.29, 0.717) is 30.0 Å². The number of hydrogen-bond donors (Lipinski definition) is 1. The maximum atomic E-state index is 5.95. The molecule has 0 spiro atoms. The minimum atomic E-state index is -0.407. The number of hydrogen-bond acceptors (Lipinski definition) is 5. The van der Waals surface area contributed by atoms with Crippen LogP contribution in [-0.2, 0) is 4.74 Å². The summed E-state index contributed by atoms with van der Waals surface area (Å²) in [4.78, 5) is 4.26. The third-order valence-electron chi connectivity index (χ3n) is 2.43. The molecular formula is C12H13BrClN3O2. The van der Waals surface area contributed by atoms with E-state index in [-0.39, 0.29) is 0 Å². The normalized spacial score (nSPS) is 12.6. The highest BCUT2D eigenvalue weighted by Gasteiger charge is 2.17. The fourth-order valence-electron chi connectivity index (χ4n) is 1.48. The highest BCUT2D eigenvalue weighted by Crippen LogP contribution is 2.30. The van der Waals surface area contributed by atoms with Crippen molar-refractivity contribution in [1.82, 2.24) is 10.1 Å². The first-order valence-corrected chi connectivity index (χ1v) is 6.91. The Morgan fingerprint density at radius 2 is 2.32 bits per heavy atom. The maximum Gasteiger partial charge on any atom is 0.259 e. The van der Waals surface area contributed by atoms with E-state index in [4.69, 9.17) is 26.6 Å². The Hall–Kier alpha value is -0.950. The Kier molecular flexibility index (Phi) is 4.93. The average molecular weight is 347 g/mol. The van der Waals surface area contributed by atoms with Crippen molar-refractivity contribution < 1.29 is 9.26 Å². The number of nitrogens with zero attached hydrogens (tertiary/aromatic N) is 2. The van der Waals surface area contributed by atoms with E-state index in [0.717, 1.165) is 10.0 Å². The molecule has 0 fully saturated rings. The molecule has 0 saturated heterocycles. The van der Waals surface area contributed by atoms with Gasteiger partial charge in [0, 0.05) is 16.1 Å². The Bertz CT molecular complexity index is 562. The Balaban J connectivity index is 2.23. The number of halogens is 2. The topological polar surface area (TPSA) is 74.2 Å². The van der Waals surface area contributed by atoms with Gasteiger partial charge in [0.2, 0.25) is 0 Å². The summed E-state index contributed by atoms with van der Waals surface area (Å²) >= 11 is 9.36. The molecule has 0 aliphatic carbocycles. The molecule has 0 amide bonds. The van der Waals surface area contributed by atoms with Gasteiger partial charge < -0.3 is 15.0 Å². The Morgan fingerprint density at radius 3 is 3.05 bits per heavy atom. The maximum absolute atomic E-state index is 5.95. The van der Waals surface area contributed by atoms with Gasteiger partial charge in [-0.2, -0.15) is 4.98 Å².